The highest BCUT2D eigenvalue weighted by atomic mass is 15.0. The smallest absolute Gasteiger partial charge is 0.0214 e. The molecular weight excluding hydrogens is 254 g/mol. The lowest BCUT2D eigenvalue weighted by atomic mass is 9.89. The molecule has 21 heavy (non-hydrogen) atoms. The van der Waals surface area contributed by atoms with Gasteiger partial charge in [-0.1, -0.05) is 60.7 Å². The number of nitrogens with one attached hydrogen (secondary N) is 1. The average molecular weight is 279 g/mol. The minimum absolute atomic E-state index is 0.252. The molecule has 1 saturated carbocycles. The van der Waals surface area contributed by atoms with Gasteiger partial charge in [-0.2, -0.15) is 0 Å². The maximum Gasteiger partial charge on any atom is 0.0214 e. The Bertz CT molecular complexity index is 515. The lowest BCUT2D eigenvalue weighted by molar-refractivity contribution is 0.337. The predicted molar refractivity (Wildman–Crippen MR) is 89.5 cm³/mol. The minimum Gasteiger partial charge on any atom is -0.311 e. The van der Waals surface area contributed by atoms with E-state index in [2.05, 4.69) is 79.8 Å². The zero-order valence-corrected chi connectivity index (χ0v) is 13.0. The number of hydrogen-bond acceptors (Lipinski definition) is 1. The van der Waals surface area contributed by atoms with Gasteiger partial charge in [0.1, 0.15) is 0 Å². The molecule has 0 heterocycles. The van der Waals surface area contributed by atoms with Crippen LogP contribution in [0.25, 0.3) is 0 Å². The van der Waals surface area contributed by atoms with Crippen molar-refractivity contribution in [1.29, 1.82) is 0 Å². The first-order chi connectivity index (χ1) is 10.2. The standard InChI is InChI=1S/C20H25N/c1-20(2,18-13-14-18)21-15-19(16-9-5-3-6-10-16)17-11-7-4-8-12-17/h3-12,18-19,21H,13-15H2,1-2H3. The van der Waals surface area contributed by atoms with Gasteiger partial charge in [-0.15, -0.1) is 0 Å². The summed E-state index contributed by atoms with van der Waals surface area (Å²) in [5, 5.41) is 3.82. The maximum absolute atomic E-state index is 3.82. The van der Waals surface area contributed by atoms with Gasteiger partial charge < -0.3 is 5.32 Å². The van der Waals surface area contributed by atoms with Crippen molar-refractivity contribution in [3.8, 4) is 0 Å². The molecule has 0 aliphatic heterocycles. The fraction of sp³-hybridized carbons (Fsp3) is 0.400. The van der Waals surface area contributed by atoms with E-state index in [4.69, 9.17) is 0 Å². The highest BCUT2D eigenvalue weighted by Crippen LogP contribution is 2.39. The van der Waals surface area contributed by atoms with Gasteiger partial charge in [-0.3, -0.25) is 0 Å². The summed E-state index contributed by atoms with van der Waals surface area (Å²) in [6.45, 7) is 5.69. The first-order valence-electron chi connectivity index (χ1n) is 8.02. The Morgan fingerprint density at radius 3 is 1.81 bits per heavy atom. The third kappa shape index (κ3) is 3.54. The lowest BCUT2D eigenvalue weighted by Gasteiger charge is -2.29. The average Bonchev–Trinajstić information content (AvgIpc) is 3.35. The molecule has 0 amide bonds. The van der Waals surface area contributed by atoms with Crippen molar-refractivity contribution in [2.45, 2.75) is 38.1 Å². The monoisotopic (exact) mass is 279 g/mol. The fourth-order valence-corrected chi connectivity index (χ4v) is 3.11. The molecule has 0 unspecified atom stereocenters. The van der Waals surface area contributed by atoms with Crippen LogP contribution in [-0.4, -0.2) is 12.1 Å². The molecule has 0 spiro atoms. The zero-order valence-electron chi connectivity index (χ0n) is 13.0. The van der Waals surface area contributed by atoms with Gasteiger partial charge in [0.25, 0.3) is 0 Å². The van der Waals surface area contributed by atoms with Crippen molar-refractivity contribution < 1.29 is 0 Å². The van der Waals surface area contributed by atoms with Crippen molar-refractivity contribution >= 4 is 0 Å². The summed E-state index contributed by atoms with van der Waals surface area (Å²) >= 11 is 0. The predicted octanol–water partition coefficient (Wildman–Crippen LogP) is 4.60. The summed E-state index contributed by atoms with van der Waals surface area (Å²) in [5.41, 5.74) is 3.03. The highest BCUT2D eigenvalue weighted by Gasteiger charge is 2.37. The molecule has 0 radical (unpaired) electrons. The van der Waals surface area contributed by atoms with Gasteiger partial charge in [-0.25, -0.2) is 0 Å². The molecule has 110 valence electrons. The number of benzene rings is 2. The van der Waals surface area contributed by atoms with E-state index in [1.165, 1.54) is 24.0 Å². The van der Waals surface area contributed by atoms with Crippen LogP contribution >= 0.6 is 0 Å². The van der Waals surface area contributed by atoms with Crippen molar-refractivity contribution in [1.82, 2.24) is 5.32 Å². The second-order valence-electron chi connectivity index (χ2n) is 6.75. The Morgan fingerprint density at radius 2 is 1.38 bits per heavy atom. The third-order valence-electron chi connectivity index (χ3n) is 4.76. The van der Waals surface area contributed by atoms with Crippen LogP contribution < -0.4 is 5.32 Å². The Balaban J connectivity index is 1.80. The van der Waals surface area contributed by atoms with Gasteiger partial charge in [0.05, 0.1) is 0 Å². The van der Waals surface area contributed by atoms with Crippen LogP contribution in [0.1, 0.15) is 43.7 Å². The number of rotatable bonds is 6. The van der Waals surface area contributed by atoms with Crippen LogP contribution in [0.4, 0.5) is 0 Å². The second kappa shape index (κ2) is 6.03. The molecule has 3 rings (SSSR count). The summed E-state index contributed by atoms with van der Waals surface area (Å²) in [5.74, 6) is 1.27. The molecule has 1 heteroatoms. The molecule has 0 atom stereocenters. The fourth-order valence-electron chi connectivity index (χ4n) is 3.11. The van der Waals surface area contributed by atoms with Crippen LogP contribution in [-0.2, 0) is 0 Å². The van der Waals surface area contributed by atoms with E-state index in [0.717, 1.165) is 12.5 Å². The summed E-state index contributed by atoms with van der Waals surface area (Å²) in [7, 11) is 0. The Labute approximate surface area is 128 Å². The van der Waals surface area contributed by atoms with Crippen molar-refractivity contribution in [3.05, 3.63) is 71.8 Å². The van der Waals surface area contributed by atoms with E-state index in [1.807, 2.05) is 0 Å². The third-order valence-corrected chi connectivity index (χ3v) is 4.76. The summed E-state index contributed by atoms with van der Waals surface area (Å²) in [6, 6.07) is 21.7. The van der Waals surface area contributed by atoms with Crippen LogP contribution in [0.5, 0.6) is 0 Å². The largest absolute Gasteiger partial charge is 0.311 e. The Hall–Kier alpha value is -1.60. The van der Waals surface area contributed by atoms with E-state index in [0.29, 0.717) is 5.92 Å². The summed E-state index contributed by atoms with van der Waals surface area (Å²) in [4.78, 5) is 0. The maximum atomic E-state index is 3.82. The summed E-state index contributed by atoms with van der Waals surface area (Å²) in [6.07, 6.45) is 2.75. The van der Waals surface area contributed by atoms with Crippen LogP contribution in [0.2, 0.25) is 0 Å². The van der Waals surface area contributed by atoms with E-state index >= 15 is 0 Å². The molecule has 1 aliphatic rings. The van der Waals surface area contributed by atoms with Crippen LogP contribution in [0.3, 0.4) is 0 Å². The summed E-state index contributed by atoms with van der Waals surface area (Å²) < 4.78 is 0. The molecule has 0 bridgehead atoms. The van der Waals surface area contributed by atoms with Gasteiger partial charge in [0.2, 0.25) is 0 Å². The first-order valence-corrected chi connectivity index (χ1v) is 8.02. The topological polar surface area (TPSA) is 12.0 Å². The van der Waals surface area contributed by atoms with Gasteiger partial charge in [0, 0.05) is 18.0 Å². The van der Waals surface area contributed by atoms with Crippen molar-refractivity contribution in [3.63, 3.8) is 0 Å². The minimum atomic E-state index is 0.252. The second-order valence-corrected chi connectivity index (χ2v) is 6.75. The molecule has 1 N–H and O–H groups in total. The van der Waals surface area contributed by atoms with Crippen LogP contribution in [0, 0.1) is 5.92 Å². The van der Waals surface area contributed by atoms with Gasteiger partial charge in [0.15, 0.2) is 0 Å². The van der Waals surface area contributed by atoms with Gasteiger partial charge in [-0.05, 0) is 43.7 Å². The van der Waals surface area contributed by atoms with Crippen LogP contribution in [0.15, 0.2) is 60.7 Å². The zero-order chi connectivity index (χ0) is 14.7. The molecule has 2 aromatic carbocycles. The highest BCUT2D eigenvalue weighted by molar-refractivity contribution is 5.32. The Kier molecular flexibility index (Phi) is 4.12. The molecule has 1 fully saturated rings. The van der Waals surface area contributed by atoms with Gasteiger partial charge >= 0.3 is 0 Å². The SMILES string of the molecule is CC(C)(NCC(c1ccccc1)c1ccccc1)C1CC1. The van der Waals surface area contributed by atoms with E-state index < -0.39 is 0 Å². The molecule has 2 aromatic rings. The molecule has 0 aromatic heterocycles. The van der Waals surface area contributed by atoms with Crippen molar-refractivity contribution in [2.75, 3.05) is 6.54 Å². The quantitative estimate of drug-likeness (QED) is 0.815. The first kappa shape index (κ1) is 14.3. The normalized spacial score (nSPS) is 15.4. The van der Waals surface area contributed by atoms with E-state index in [9.17, 15) is 0 Å². The van der Waals surface area contributed by atoms with E-state index in [-0.39, 0.29) is 5.54 Å². The molecule has 1 nitrogen and oxygen atoms in total. The Morgan fingerprint density at radius 1 is 0.905 bits per heavy atom. The lowest BCUT2D eigenvalue weighted by Crippen LogP contribution is -2.43. The van der Waals surface area contributed by atoms with Crippen molar-refractivity contribution in [2.24, 2.45) is 5.92 Å². The van der Waals surface area contributed by atoms with E-state index in [1.54, 1.807) is 0 Å². The number of hydrogen-bond donors (Lipinski definition) is 1. The molecule has 0 saturated heterocycles. The molecular formula is C20H25N. The molecule has 1 aliphatic carbocycles.